The molecule has 2 rings (SSSR count). The first kappa shape index (κ1) is 14.5. The fourth-order valence-electron chi connectivity index (χ4n) is 3.08. The predicted molar refractivity (Wildman–Crippen MR) is 79.3 cm³/mol. The molecule has 3 heteroatoms. The van der Waals surface area contributed by atoms with E-state index in [0.29, 0.717) is 18.2 Å². The minimum absolute atomic E-state index is 0.389. The summed E-state index contributed by atoms with van der Waals surface area (Å²) >= 11 is 0. The average molecular weight is 262 g/mol. The molecular formula is C16H26N2O. The SMILES string of the molecule is CNC(c1ccccc1)C(C)N1CCC(OC)CC1. The second-order valence-corrected chi connectivity index (χ2v) is 5.39. The van der Waals surface area contributed by atoms with Crippen LogP contribution in [-0.2, 0) is 4.74 Å². The largest absolute Gasteiger partial charge is 0.381 e. The van der Waals surface area contributed by atoms with Gasteiger partial charge < -0.3 is 10.1 Å². The Balaban J connectivity index is 1.99. The topological polar surface area (TPSA) is 24.5 Å². The molecule has 0 saturated carbocycles. The molecule has 2 atom stereocenters. The zero-order valence-electron chi connectivity index (χ0n) is 12.3. The van der Waals surface area contributed by atoms with Gasteiger partial charge in [0.05, 0.1) is 6.10 Å². The third-order valence-corrected chi connectivity index (χ3v) is 4.34. The highest BCUT2D eigenvalue weighted by Gasteiger charge is 2.27. The number of piperidine rings is 1. The van der Waals surface area contributed by atoms with Gasteiger partial charge in [0.15, 0.2) is 0 Å². The van der Waals surface area contributed by atoms with Gasteiger partial charge in [0.1, 0.15) is 0 Å². The number of ether oxygens (including phenoxy) is 1. The Kier molecular flexibility index (Phi) is 5.37. The van der Waals surface area contributed by atoms with E-state index in [0.717, 1.165) is 25.9 Å². The minimum atomic E-state index is 0.389. The third kappa shape index (κ3) is 3.56. The van der Waals surface area contributed by atoms with Crippen LogP contribution in [0.2, 0.25) is 0 Å². The van der Waals surface area contributed by atoms with Crippen LogP contribution < -0.4 is 5.32 Å². The molecule has 0 bridgehead atoms. The number of nitrogens with one attached hydrogen (secondary N) is 1. The highest BCUT2D eigenvalue weighted by Crippen LogP contribution is 2.24. The van der Waals surface area contributed by atoms with Gasteiger partial charge in [-0.05, 0) is 32.4 Å². The van der Waals surface area contributed by atoms with E-state index in [4.69, 9.17) is 4.74 Å². The minimum Gasteiger partial charge on any atom is -0.381 e. The van der Waals surface area contributed by atoms with E-state index < -0.39 is 0 Å². The second kappa shape index (κ2) is 7.04. The van der Waals surface area contributed by atoms with Crippen molar-refractivity contribution in [2.24, 2.45) is 0 Å². The molecule has 1 aliphatic rings. The molecule has 3 nitrogen and oxygen atoms in total. The molecule has 2 unspecified atom stereocenters. The Morgan fingerprint density at radius 3 is 2.37 bits per heavy atom. The molecule has 1 aromatic carbocycles. The van der Waals surface area contributed by atoms with Crippen LogP contribution in [0.15, 0.2) is 30.3 Å². The van der Waals surface area contributed by atoms with Gasteiger partial charge in [-0.2, -0.15) is 0 Å². The lowest BCUT2D eigenvalue weighted by Crippen LogP contribution is -2.47. The number of methoxy groups -OCH3 is 1. The molecule has 19 heavy (non-hydrogen) atoms. The monoisotopic (exact) mass is 262 g/mol. The van der Waals surface area contributed by atoms with Crippen molar-refractivity contribution < 1.29 is 4.74 Å². The summed E-state index contributed by atoms with van der Waals surface area (Å²) in [7, 11) is 3.88. The van der Waals surface area contributed by atoms with Gasteiger partial charge in [0.25, 0.3) is 0 Å². The smallest absolute Gasteiger partial charge is 0.0595 e. The van der Waals surface area contributed by atoms with Crippen molar-refractivity contribution in [3.63, 3.8) is 0 Å². The van der Waals surface area contributed by atoms with E-state index in [9.17, 15) is 0 Å². The first-order chi connectivity index (χ1) is 9.26. The maximum absolute atomic E-state index is 5.45. The summed E-state index contributed by atoms with van der Waals surface area (Å²) in [6.07, 6.45) is 2.74. The fourth-order valence-corrected chi connectivity index (χ4v) is 3.08. The van der Waals surface area contributed by atoms with Crippen molar-refractivity contribution in [2.45, 2.75) is 38.0 Å². The van der Waals surface area contributed by atoms with Crippen LogP contribution in [0.25, 0.3) is 0 Å². The van der Waals surface area contributed by atoms with Crippen molar-refractivity contribution in [1.82, 2.24) is 10.2 Å². The van der Waals surface area contributed by atoms with Crippen LogP contribution in [0, 0.1) is 0 Å². The Hall–Kier alpha value is -0.900. The predicted octanol–water partition coefficient (Wildman–Crippen LogP) is 2.45. The highest BCUT2D eigenvalue weighted by atomic mass is 16.5. The lowest BCUT2D eigenvalue weighted by Gasteiger charge is -2.39. The van der Waals surface area contributed by atoms with Crippen LogP contribution >= 0.6 is 0 Å². The normalized spacial score (nSPS) is 21.2. The molecular weight excluding hydrogens is 236 g/mol. The van der Waals surface area contributed by atoms with Crippen LogP contribution in [0.5, 0.6) is 0 Å². The second-order valence-electron chi connectivity index (χ2n) is 5.39. The molecule has 0 amide bonds. The molecule has 0 aromatic heterocycles. The quantitative estimate of drug-likeness (QED) is 0.882. The van der Waals surface area contributed by atoms with E-state index in [-0.39, 0.29) is 0 Å². The van der Waals surface area contributed by atoms with Crippen LogP contribution in [0.4, 0.5) is 0 Å². The summed E-state index contributed by atoms with van der Waals surface area (Å²) in [6.45, 7) is 4.58. The Bertz CT molecular complexity index is 360. The Morgan fingerprint density at radius 1 is 1.21 bits per heavy atom. The van der Waals surface area contributed by atoms with Gasteiger partial charge in [-0.3, -0.25) is 4.90 Å². The average Bonchev–Trinajstić information content (AvgIpc) is 2.49. The number of hydrogen-bond acceptors (Lipinski definition) is 3. The molecule has 1 saturated heterocycles. The molecule has 106 valence electrons. The zero-order chi connectivity index (χ0) is 13.7. The van der Waals surface area contributed by atoms with Crippen molar-refractivity contribution in [3.8, 4) is 0 Å². The summed E-state index contributed by atoms with van der Waals surface area (Å²) in [4.78, 5) is 2.57. The Labute approximate surface area is 116 Å². The van der Waals surface area contributed by atoms with Crippen LogP contribution in [0.1, 0.15) is 31.4 Å². The van der Waals surface area contributed by atoms with E-state index >= 15 is 0 Å². The van der Waals surface area contributed by atoms with Crippen molar-refractivity contribution >= 4 is 0 Å². The molecule has 1 aromatic rings. The maximum atomic E-state index is 5.45. The first-order valence-corrected chi connectivity index (χ1v) is 7.25. The molecule has 0 radical (unpaired) electrons. The summed E-state index contributed by atoms with van der Waals surface area (Å²) in [5.74, 6) is 0. The molecule has 1 aliphatic heterocycles. The third-order valence-electron chi connectivity index (χ3n) is 4.34. The fraction of sp³-hybridized carbons (Fsp3) is 0.625. The Morgan fingerprint density at radius 2 is 1.84 bits per heavy atom. The summed E-state index contributed by atoms with van der Waals surface area (Å²) in [5, 5.41) is 3.47. The number of hydrogen-bond donors (Lipinski definition) is 1. The summed E-state index contributed by atoms with van der Waals surface area (Å²) < 4.78 is 5.45. The van der Waals surface area contributed by atoms with Crippen LogP contribution in [-0.4, -0.2) is 44.3 Å². The zero-order valence-corrected chi connectivity index (χ0v) is 12.3. The molecule has 0 spiro atoms. The van der Waals surface area contributed by atoms with Gasteiger partial charge in [-0.25, -0.2) is 0 Å². The molecule has 1 heterocycles. The van der Waals surface area contributed by atoms with E-state index in [1.807, 2.05) is 7.11 Å². The van der Waals surface area contributed by atoms with E-state index in [1.54, 1.807) is 0 Å². The van der Waals surface area contributed by atoms with Gasteiger partial charge in [-0.1, -0.05) is 30.3 Å². The van der Waals surface area contributed by atoms with Gasteiger partial charge in [-0.15, -0.1) is 0 Å². The lowest BCUT2D eigenvalue weighted by molar-refractivity contribution is 0.0241. The number of nitrogens with zero attached hydrogens (tertiary/aromatic N) is 1. The lowest BCUT2D eigenvalue weighted by atomic mass is 9.97. The number of benzene rings is 1. The highest BCUT2D eigenvalue weighted by molar-refractivity contribution is 5.20. The van der Waals surface area contributed by atoms with Gasteiger partial charge in [0, 0.05) is 32.3 Å². The summed E-state index contributed by atoms with van der Waals surface area (Å²) in [5.41, 5.74) is 1.37. The van der Waals surface area contributed by atoms with Gasteiger partial charge >= 0.3 is 0 Å². The summed E-state index contributed by atoms with van der Waals surface area (Å²) in [6, 6.07) is 11.6. The first-order valence-electron chi connectivity index (χ1n) is 7.25. The van der Waals surface area contributed by atoms with Crippen molar-refractivity contribution in [1.29, 1.82) is 0 Å². The van der Waals surface area contributed by atoms with E-state index in [2.05, 4.69) is 54.5 Å². The maximum Gasteiger partial charge on any atom is 0.0595 e. The molecule has 1 fully saturated rings. The van der Waals surface area contributed by atoms with Crippen molar-refractivity contribution in [2.75, 3.05) is 27.2 Å². The van der Waals surface area contributed by atoms with E-state index in [1.165, 1.54) is 5.56 Å². The number of likely N-dealkylation sites (N-methyl/N-ethyl adjacent to an activating group) is 1. The van der Waals surface area contributed by atoms with Crippen molar-refractivity contribution in [3.05, 3.63) is 35.9 Å². The number of rotatable bonds is 5. The molecule has 1 N–H and O–H groups in total. The standard InChI is InChI=1S/C16H26N2O/c1-13(18-11-9-15(19-3)10-12-18)16(17-2)14-7-5-4-6-8-14/h4-8,13,15-17H,9-12H2,1-3H3. The number of likely N-dealkylation sites (tertiary alicyclic amines) is 1. The van der Waals surface area contributed by atoms with Crippen LogP contribution in [0.3, 0.4) is 0 Å². The molecule has 0 aliphatic carbocycles. The van der Waals surface area contributed by atoms with Gasteiger partial charge in [0.2, 0.25) is 0 Å².